The molecule has 0 aliphatic carbocycles. The lowest BCUT2D eigenvalue weighted by molar-refractivity contribution is -0.745. The zero-order valence-corrected chi connectivity index (χ0v) is 15.1. The third-order valence-corrected chi connectivity index (χ3v) is 6.14. The molecule has 2 nitrogen and oxygen atoms in total. The summed E-state index contributed by atoms with van der Waals surface area (Å²) < 4.78 is 2.43. The molecule has 4 rings (SSSR count). The molecule has 0 saturated heterocycles. The number of benzene rings is 2. The van der Waals surface area contributed by atoms with E-state index in [9.17, 15) is 0 Å². The molecule has 2 aromatic carbocycles. The first-order valence-electron chi connectivity index (χ1n) is 8.68. The van der Waals surface area contributed by atoms with E-state index in [1.54, 1.807) is 0 Å². The van der Waals surface area contributed by atoms with Crippen molar-refractivity contribution in [2.24, 2.45) is 0 Å². The second kappa shape index (κ2) is 4.83. The normalized spacial score (nSPS) is 18.5. The highest BCUT2D eigenvalue weighted by Crippen LogP contribution is 2.46. The lowest BCUT2D eigenvalue weighted by Crippen LogP contribution is -2.63. The first-order chi connectivity index (χ1) is 11.4. The number of aromatic nitrogens is 2. The van der Waals surface area contributed by atoms with Crippen LogP contribution in [0.1, 0.15) is 45.7 Å². The molecule has 0 bridgehead atoms. The van der Waals surface area contributed by atoms with Crippen LogP contribution in [0.4, 0.5) is 0 Å². The van der Waals surface area contributed by atoms with Gasteiger partial charge in [0.05, 0.1) is 0 Å². The highest BCUT2D eigenvalue weighted by molar-refractivity contribution is 6.09. The fourth-order valence-corrected chi connectivity index (χ4v) is 4.04. The average Bonchev–Trinajstić information content (AvgIpc) is 2.98. The van der Waals surface area contributed by atoms with Gasteiger partial charge in [-0.2, -0.15) is 0 Å². The minimum absolute atomic E-state index is 0.00877. The predicted molar refractivity (Wildman–Crippen MR) is 102 cm³/mol. The van der Waals surface area contributed by atoms with E-state index in [4.69, 9.17) is 0 Å². The zero-order chi connectivity index (χ0) is 17.1. The van der Waals surface area contributed by atoms with E-state index in [0.717, 1.165) is 0 Å². The molecule has 3 aromatic rings. The van der Waals surface area contributed by atoms with Crippen LogP contribution in [-0.2, 0) is 11.0 Å². The van der Waals surface area contributed by atoms with Gasteiger partial charge in [-0.15, -0.1) is 0 Å². The quantitative estimate of drug-likeness (QED) is 0.493. The van der Waals surface area contributed by atoms with Gasteiger partial charge in [0.1, 0.15) is 5.54 Å². The van der Waals surface area contributed by atoms with Crippen LogP contribution in [0, 0.1) is 0 Å². The Kier molecular flexibility index (Phi) is 3.05. The van der Waals surface area contributed by atoms with Gasteiger partial charge < -0.3 is 0 Å². The molecule has 1 aliphatic heterocycles. The van der Waals surface area contributed by atoms with Crippen molar-refractivity contribution in [1.82, 2.24) is 4.98 Å². The lowest BCUT2D eigenvalue weighted by Gasteiger charge is -2.43. The van der Waals surface area contributed by atoms with Crippen molar-refractivity contribution in [3.8, 4) is 0 Å². The molecule has 0 radical (unpaired) electrons. The first kappa shape index (κ1) is 15.2. The molecule has 1 aromatic heterocycles. The summed E-state index contributed by atoms with van der Waals surface area (Å²) in [5.74, 6) is 0. The maximum Gasteiger partial charge on any atom is 0.242 e. The van der Waals surface area contributed by atoms with E-state index in [1.807, 2.05) is 6.92 Å². The number of nitrogens with one attached hydrogen (secondary N) is 1. The molecule has 24 heavy (non-hydrogen) atoms. The maximum atomic E-state index is 3.50. The standard InChI is InChI=1S/C22H24N2/c1-6-7-8-10-15-13-18-20-19-16(15)11-9-12-17(19)21(2,3)22(4,5)24(20)14-23-18/h6-14H,1-5H3/p+1/b7-6-,10-8-. The summed E-state index contributed by atoms with van der Waals surface area (Å²) in [5, 5.41) is 2.72. The van der Waals surface area contributed by atoms with E-state index >= 15 is 0 Å². The fourth-order valence-electron chi connectivity index (χ4n) is 4.04. The van der Waals surface area contributed by atoms with Crippen molar-refractivity contribution in [1.29, 1.82) is 0 Å². The Morgan fingerprint density at radius 2 is 1.88 bits per heavy atom. The van der Waals surface area contributed by atoms with Gasteiger partial charge in [0.25, 0.3) is 0 Å². The summed E-state index contributed by atoms with van der Waals surface area (Å²) >= 11 is 0. The van der Waals surface area contributed by atoms with Crippen LogP contribution in [0.2, 0.25) is 0 Å². The Hall–Kier alpha value is -2.35. The van der Waals surface area contributed by atoms with Gasteiger partial charge in [0.2, 0.25) is 6.33 Å². The van der Waals surface area contributed by atoms with Crippen LogP contribution < -0.4 is 4.57 Å². The summed E-state index contributed by atoms with van der Waals surface area (Å²) in [5.41, 5.74) is 5.30. The molecular formula is C22H25N2+. The minimum atomic E-state index is 0.00877. The number of allylic oxidation sites excluding steroid dienone is 3. The number of nitrogens with zero attached hydrogens (tertiary/aromatic N) is 1. The molecule has 0 amide bonds. The Morgan fingerprint density at radius 1 is 1.08 bits per heavy atom. The molecule has 0 fully saturated rings. The van der Waals surface area contributed by atoms with E-state index in [2.05, 4.69) is 92.1 Å². The van der Waals surface area contributed by atoms with E-state index < -0.39 is 0 Å². The van der Waals surface area contributed by atoms with Crippen molar-refractivity contribution in [2.45, 2.75) is 45.6 Å². The van der Waals surface area contributed by atoms with E-state index in [-0.39, 0.29) is 11.0 Å². The van der Waals surface area contributed by atoms with Crippen LogP contribution in [0.15, 0.2) is 48.8 Å². The predicted octanol–water partition coefficient (Wildman–Crippen LogP) is 5.22. The molecule has 0 atom stereocenters. The van der Waals surface area contributed by atoms with Gasteiger partial charge in [-0.25, -0.2) is 9.55 Å². The van der Waals surface area contributed by atoms with Crippen LogP contribution >= 0.6 is 0 Å². The van der Waals surface area contributed by atoms with Crippen molar-refractivity contribution in [3.63, 3.8) is 0 Å². The topological polar surface area (TPSA) is 19.7 Å². The number of rotatable bonds is 2. The molecule has 122 valence electrons. The highest BCUT2D eigenvalue weighted by Gasteiger charge is 2.49. The average molecular weight is 317 g/mol. The number of hydrogen-bond acceptors (Lipinski definition) is 0. The van der Waals surface area contributed by atoms with Crippen LogP contribution in [0.5, 0.6) is 0 Å². The monoisotopic (exact) mass is 317 g/mol. The van der Waals surface area contributed by atoms with Crippen LogP contribution in [-0.4, -0.2) is 4.98 Å². The van der Waals surface area contributed by atoms with Gasteiger partial charge in [-0.3, -0.25) is 0 Å². The third-order valence-electron chi connectivity index (χ3n) is 6.14. The number of imidazole rings is 1. The van der Waals surface area contributed by atoms with Crippen LogP contribution in [0.25, 0.3) is 27.9 Å². The molecule has 2 heterocycles. The third kappa shape index (κ3) is 1.74. The Morgan fingerprint density at radius 3 is 2.62 bits per heavy atom. The van der Waals surface area contributed by atoms with Gasteiger partial charge in [-0.05, 0) is 43.4 Å². The summed E-state index contributed by atoms with van der Waals surface area (Å²) in [6.45, 7) is 11.4. The van der Waals surface area contributed by atoms with E-state index in [1.165, 1.54) is 32.9 Å². The van der Waals surface area contributed by atoms with Crippen molar-refractivity contribution in [3.05, 3.63) is 59.9 Å². The molecular weight excluding hydrogens is 292 g/mol. The van der Waals surface area contributed by atoms with Gasteiger partial charge in [0, 0.05) is 10.8 Å². The van der Waals surface area contributed by atoms with Crippen molar-refractivity contribution >= 4 is 27.9 Å². The van der Waals surface area contributed by atoms with Crippen molar-refractivity contribution < 1.29 is 4.57 Å². The lowest BCUT2D eigenvalue weighted by atomic mass is 9.66. The molecule has 0 unspecified atom stereocenters. The second-order valence-corrected chi connectivity index (χ2v) is 7.80. The summed E-state index contributed by atoms with van der Waals surface area (Å²) in [4.78, 5) is 3.50. The summed E-state index contributed by atoms with van der Waals surface area (Å²) in [6, 6.07) is 9.03. The number of H-pyrrole nitrogens is 1. The molecule has 0 saturated carbocycles. The smallest absolute Gasteiger partial charge is 0.242 e. The SMILES string of the molecule is C/C=C\C=C/c1cc2[nH]c[n+]3c2c2c(cccc12)C(C)(C)C3(C)C. The number of hydrogen-bond donors (Lipinski definition) is 1. The number of aromatic amines is 1. The highest BCUT2D eigenvalue weighted by atomic mass is 15.1. The Labute approximate surface area is 143 Å². The largest absolute Gasteiger partial charge is 0.243 e. The van der Waals surface area contributed by atoms with Gasteiger partial charge >= 0.3 is 0 Å². The zero-order valence-electron chi connectivity index (χ0n) is 15.1. The first-order valence-corrected chi connectivity index (χ1v) is 8.68. The molecule has 1 aliphatic rings. The minimum Gasteiger partial charge on any atom is -0.243 e. The van der Waals surface area contributed by atoms with Gasteiger partial charge in [-0.1, -0.05) is 56.4 Å². The molecule has 0 spiro atoms. The Balaban J connectivity index is 2.19. The molecule has 1 N–H and O–H groups in total. The second-order valence-electron chi connectivity index (χ2n) is 7.80. The summed E-state index contributed by atoms with van der Waals surface area (Å²) in [6.07, 6.45) is 10.6. The van der Waals surface area contributed by atoms with E-state index in [0.29, 0.717) is 0 Å². The van der Waals surface area contributed by atoms with Crippen LogP contribution in [0.3, 0.4) is 0 Å². The Bertz CT molecular complexity index is 1010. The fraction of sp³-hybridized carbons (Fsp3) is 0.318. The molecule has 2 heteroatoms. The maximum absolute atomic E-state index is 3.50. The van der Waals surface area contributed by atoms with Crippen molar-refractivity contribution in [2.75, 3.05) is 0 Å². The van der Waals surface area contributed by atoms with Gasteiger partial charge in [0.15, 0.2) is 11.0 Å². The summed E-state index contributed by atoms with van der Waals surface area (Å²) in [7, 11) is 0.